The molecule has 0 aromatic carbocycles. The van der Waals surface area contributed by atoms with Crippen LogP contribution in [-0.4, -0.2) is 47.4 Å². The van der Waals surface area contributed by atoms with Crippen molar-refractivity contribution in [2.24, 2.45) is 0 Å². The highest BCUT2D eigenvalue weighted by Gasteiger charge is 2.20. The summed E-state index contributed by atoms with van der Waals surface area (Å²) in [5.74, 6) is -0.0945. The van der Waals surface area contributed by atoms with E-state index in [-0.39, 0.29) is 18.5 Å². The monoisotopic (exact) mass is 804 g/mol. The zero-order valence-corrected chi connectivity index (χ0v) is 38.1. The molecule has 0 radical (unpaired) electrons. The summed E-state index contributed by atoms with van der Waals surface area (Å²) in [5, 5.41) is 23.2. The second-order valence-electron chi connectivity index (χ2n) is 17.1. The van der Waals surface area contributed by atoms with Gasteiger partial charge >= 0.3 is 5.97 Å². The Labute approximate surface area is 354 Å². The molecule has 0 spiro atoms. The summed E-state index contributed by atoms with van der Waals surface area (Å²) >= 11 is 0. The molecule has 2 unspecified atom stereocenters. The van der Waals surface area contributed by atoms with Gasteiger partial charge in [0.05, 0.1) is 25.4 Å². The van der Waals surface area contributed by atoms with E-state index in [9.17, 15) is 19.8 Å². The van der Waals surface area contributed by atoms with Crippen LogP contribution in [0.15, 0.2) is 24.3 Å². The molecule has 336 valence electrons. The number of rotatable bonds is 46. The first-order chi connectivity index (χ1) is 28.0. The van der Waals surface area contributed by atoms with Crippen molar-refractivity contribution in [2.45, 2.75) is 276 Å². The van der Waals surface area contributed by atoms with E-state index in [1.807, 2.05) is 0 Å². The molecule has 0 saturated heterocycles. The van der Waals surface area contributed by atoms with Crippen LogP contribution in [0.2, 0.25) is 0 Å². The summed E-state index contributed by atoms with van der Waals surface area (Å²) < 4.78 is 5.42. The van der Waals surface area contributed by atoms with E-state index in [1.165, 1.54) is 154 Å². The predicted octanol–water partition coefficient (Wildman–Crippen LogP) is 14.7. The molecule has 0 aromatic rings. The van der Waals surface area contributed by atoms with E-state index in [0.717, 1.165) is 77.0 Å². The standard InChI is InChI=1S/C51H97NO5/c1-3-5-7-9-11-13-15-16-17-18-19-20-24-27-31-35-39-43-49(54)48(47-53)52-50(55)44-40-36-32-28-25-21-22-26-30-34-38-42-46-57-51(56)45-41-37-33-29-23-14-12-10-8-6-4-2/h10,12,22,26,48-49,53-54H,3-9,11,13-21,23-25,27-47H2,1-2H3,(H,52,55)/b12-10-,26-22-. The molecule has 1 amide bonds. The molecule has 2 atom stereocenters. The van der Waals surface area contributed by atoms with Crippen molar-refractivity contribution in [1.82, 2.24) is 5.32 Å². The molecule has 0 fully saturated rings. The van der Waals surface area contributed by atoms with Gasteiger partial charge in [0.25, 0.3) is 0 Å². The number of ether oxygens (including phenoxy) is 1. The second-order valence-corrected chi connectivity index (χ2v) is 17.1. The van der Waals surface area contributed by atoms with E-state index in [4.69, 9.17) is 4.74 Å². The zero-order valence-electron chi connectivity index (χ0n) is 38.1. The van der Waals surface area contributed by atoms with E-state index in [0.29, 0.717) is 25.9 Å². The van der Waals surface area contributed by atoms with Gasteiger partial charge in [-0.2, -0.15) is 0 Å². The maximum absolute atomic E-state index is 12.4. The number of hydrogen-bond donors (Lipinski definition) is 3. The first kappa shape index (κ1) is 55.3. The van der Waals surface area contributed by atoms with Gasteiger partial charge in [-0.1, -0.05) is 199 Å². The van der Waals surface area contributed by atoms with Gasteiger partial charge in [-0.3, -0.25) is 9.59 Å². The van der Waals surface area contributed by atoms with Crippen LogP contribution in [0.25, 0.3) is 0 Å². The summed E-state index contributed by atoms with van der Waals surface area (Å²) in [4.78, 5) is 24.4. The van der Waals surface area contributed by atoms with Crippen LogP contribution in [0, 0.1) is 0 Å². The van der Waals surface area contributed by atoms with Crippen LogP contribution in [0.3, 0.4) is 0 Å². The Morgan fingerprint density at radius 1 is 0.474 bits per heavy atom. The number of hydrogen-bond acceptors (Lipinski definition) is 5. The second kappa shape index (κ2) is 47.0. The normalized spacial score (nSPS) is 12.8. The highest BCUT2D eigenvalue weighted by Crippen LogP contribution is 2.16. The van der Waals surface area contributed by atoms with Gasteiger partial charge in [0.2, 0.25) is 5.91 Å². The molecule has 0 aliphatic carbocycles. The first-order valence-corrected chi connectivity index (χ1v) is 25.1. The summed E-state index contributed by atoms with van der Waals surface area (Å²) in [6.07, 6.45) is 54.3. The molecule has 0 heterocycles. The fourth-order valence-corrected chi connectivity index (χ4v) is 7.55. The minimum absolute atomic E-state index is 0.0339. The number of esters is 1. The van der Waals surface area contributed by atoms with Crippen LogP contribution in [0.4, 0.5) is 0 Å². The third kappa shape index (κ3) is 43.7. The third-order valence-corrected chi connectivity index (χ3v) is 11.5. The van der Waals surface area contributed by atoms with Gasteiger partial charge in [-0.15, -0.1) is 0 Å². The fraction of sp³-hybridized carbons (Fsp3) is 0.882. The quantitative estimate of drug-likeness (QED) is 0.0324. The lowest BCUT2D eigenvalue weighted by Gasteiger charge is -2.22. The molecule has 3 N–H and O–H groups in total. The molecule has 57 heavy (non-hydrogen) atoms. The molecular weight excluding hydrogens is 707 g/mol. The van der Waals surface area contributed by atoms with E-state index in [2.05, 4.69) is 43.5 Å². The predicted molar refractivity (Wildman–Crippen MR) is 246 cm³/mol. The number of carbonyl (C=O) groups excluding carboxylic acids is 2. The van der Waals surface area contributed by atoms with Gasteiger partial charge in [-0.25, -0.2) is 0 Å². The van der Waals surface area contributed by atoms with E-state index < -0.39 is 12.1 Å². The van der Waals surface area contributed by atoms with Gasteiger partial charge < -0.3 is 20.3 Å². The SMILES string of the molecule is CCCC/C=C\CCCCCCCC(=O)OCCCCC/C=C\CCCCCCCC(=O)NC(CO)C(O)CCCCCCCCCCCCCCCCCCC. The van der Waals surface area contributed by atoms with Gasteiger partial charge in [0, 0.05) is 12.8 Å². The largest absolute Gasteiger partial charge is 0.466 e. The van der Waals surface area contributed by atoms with Gasteiger partial charge in [0.15, 0.2) is 0 Å². The molecule has 6 heteroatoms. The number of allylic oxidation sites excluding steroid dienone is 4. The summed E-state index contributed by atoms with van der Waals surface area (Å²) in [6, 6.07) is -0.560. The van der Waals surface area contributed by atoms with Crippen molar-refractivity contribution in [3.05, 3.63) is 24.3 Å². The van der Waals surface area contributed by atoms with Gasteiger partial charge in [-0.05, 0) is 77.0 Å². The van der Waals surface area contributed by atoms with Crippen LogP contribution in [-0.2, 0) is 14.3 Å². The summed E-state index contributed by atoms with van der Waals surface area (Å²) in [5.41, 5.74) is 0. The van der Waals surface area contributed by atoms with Crippen molar-refractivity contribution in [3.8, 4) is 0 Å². The minimum atomic E-state index is -0.680. The van der Waals surface area contributed by atoms with Crippen LogP contribution in [0.1, 0.15) is 264 Å². The van der Waals surface area contributed by atoms with Crippen LogP contribution < -0.4 is 5.32 Å². The molecule has 6 nitrogen and oxygen atoms in total. The van der Waals surface area contributed by atoms with E-state index in [1.54, 1.807) is 0 Å². The Kier molecular flexibility index (Phi) is 45.7. The number of aliphatic hydroxyl groups is 2. The van der Waals surface area contributed by atoms with Crippen molar-refractivity contribution >= 4 is 11.9 Å². The Bertz CT molecular complexity index is 889. The average molecular weight is 804 g/mol. The topological polar surface area (TPSA) is 95.9 Å². The molecule has 0 bridgehead atoms. The number of amides is 1. The molecule has 0 aromatic heterocycles. The molecule has 0 saturated carbocycles. The molecule has 0 aliphatic heterocycles. The minimum Gasteiger partial charge on any atom is -0.466 e. The Balaban J connectivity index is 3.53. The smallest absolute Gasteiger partial charge is 0.305 e. The first-order valence-electron chi connectivity index (χ1n) is 25.1. The number of nitrogens with one attached hydrogen (secondary N) is 1. The number of unbranched alkanes of at least 4 members (excludes halogenated alkanes) is 31. The number of aliphatic hydroxyl groups excluding tert-OH is 2. The lowest BCUT2D eigenvalue weighted by atomic mass is 10.0. The molecular formula is C51H97NO5. The Morgan fingerprint density at radius 2 is 0.842 bits per heavy atom. The fourth-order valence-electron chi connectivity index (χ4n) is 7.55. The Hall–Kier alpha value is -1.66. The van der Waals surface area contributed by atoms with Crippen molar-refractivity contribution in [2.75, 3.05) is 13.2 Å². The van der Waals surface area contributed by atoms with Crippen molar-refractivity contribution in [3.63, 3.8) is 0 Å². The maximum atomic E-state index is 12.4. The Morgan fingerprint density at radius 3 is 1.30 bits per heavy atom. The van der Waals surface area contributed by atoms with Gasteiger partial charge in [0.1, 0.15) is 0 Å². The third-order valence-electron chi connectivity index (χ3n) is 11.5. The maximum Gasteiger partial charge on any atom is 0.305 e. The van der Waals surface area contributed by atoms with Crippen molar-refractivity contribution in [1.29, 1.82) is 0 Å². The molecule has 0 aliphatic rings. The highest BCUT2D eigenvalue weighted by atomic mass is 16.5. The van der Waals surface area contributed by atoms with Crippen LogP contribution in [0.5, 0.6) is 0 Å². The van der Waals surface area contributed by atoms with Crippen molar-refractivity contribution < 1.29 is 24.5 Å². The summed E-state index contributed by atoms with van der Waals surface area (Å²) in [7, 11) is 0. The lowest BCUT2D eigenvalue weighted by molar-refractivity contribution is -0.143. The average Bonchev–Trinajstić information content (AvgIpc) is 3.21. The number of carbonyl (C=O) groups is 2. The summed E-state index contributed by atoms with van der Waals surface area (Å²) in [6.45, 7) is 4.85. The highest BCUT2D eigenvalue weighted by molar-refractivity contribution is 5.76. The van der Waals surface area contributed by atoms with Crippen LogP contribution >= 0.6 is 0 Å². The lowest BCUT2D eigenvalue weighted by Crippen LogP contribution is -2.45. The van der Waals surface area contributed by atoms with E-state index >= 15 is 0 Å². The molecule has 0 rings (SSSR count). The zero-order chi connectivity index (χ0) is 41.5.